The molecule has 0 aliphatic carbocycles. The molecule has 0 unspecified atom stereocenters. The number of sulfone groups is 1. The molecule has 5 rings (SSSR count). The Morgan fingerprint density at radius 2 is 1.74 bits per heavy atom. The van der Waals surface area contributed by atoms with Gasteiger partial charge in [-0.25, -0.2) is 26.6 Å². The Balaban J connectivity index is 1.58. The number of piperidine rings is 1. The summed E-state index contributed by atoms with van der Waals surface area (Å²) in [5, 5.41) is 4.67. The number of aromatic nitrogens is 3. The van der Waals surface area contributed by atoms with Crippen molar-refractivity contribution in [3.63, 3.8) is 0 Å². The molecule has 1 fully saturated rings. The predicted octanol–water partition coefficient (Wildman–Crippen LogP) is 5.41. The van der Waals surface area contributed by atoms with Crippen LogP contribution in [0.4, 0.5) is 17.6 Å². The molecule has 2 aromatic carbocycles. The smallest absolute Gasteiger partial charge is 0.213 e. The van der Waals surface area contributed by atoms with Crippen molar-refractivity contribution in [1.82, 2.24) is 19.7 Å². The number of pyridine rings is 1. The van der Waals surface area contributed by atoms with Gasteiger partial charge in [0, 0.05) is 35.2 Å². The lowest BCUT2D eigenvalue weighted by molar-refractivity contribution is 0.212. The van der Waals surface area contributed by atoms with Gasteiger partial charge < -0.3 is 4.90 Å². The Morgan fingerprint density at radius 3 is 2.47 bits per heavy atom. The molecule has 3 heterocycles. The maximum Gasteiger partial charge on any atom is 0.213 e. The fraction of sp³-hybridized carbons (Fsp3) is 0.259. The average molecular weight is 545 g/mol. The summed E-state index contributed by atoms with van der Waals surface area (Å²) in [7, 11) is -2.39. The maximum atomic E-state index is 15.9. The number of likely N-dealkylation sites (tertiary alicyclic amines) is 1. The van der Waals surface area contributed by atoms with Gasteiger partial charge in [-0.3, -0.25) is 4.68 Å². The predicted molar refractivity (Wildman–Crippen MR) is 134 cm³/mol. The maximum absolute atomic E-state index is 15.9. The molecule has 198 valence electrons. The van der Waals surface area contributed by atoms with E-state index in [9.17, 15) is 21.6 Å². The van der Waals surface area contributed by atoms with Gasteiger partial charge >= 0.3 is 0 Å². The molecule has 0 amide bonds. The summed E-state index contributed by atoms with van der Waals surface area (Å²) >= 11 is 0. The van der Waals surface area contributed by atoms with Crippen LogP contribution >= 0.6 is 0 Å². The molecule has 0 radical (unpaired) electrons. The number of benzene rings is 2. The highest BCUT2D eigenvalue weighted by molar-refractivity contribution is 7.90. The summed E-state index contributed by atoms with van der Waals surface area (Å²) < 4.78 is 85.3. The molecule has 1 saturated heterocycles. The first-order valence-corrected chi connectivity index (χ1v) is 13.6. The number of hydrogen-bond acceptors (Lipinski definition) is 5. The highest BCUT2D eigenvalue weighted by Crippen LogP contribution is 2.36. The molecule has 1 aliphatic rings. The molecule has 0 spiro atoms. The van der Waals surface area contributed by atoms with Gasteiger partial charge in [-0.1, -0.05) is 12.1 Å². The Hall–Kier alpha value is -3.57. The monoisotopic (exact) mass is 544 g/mol. The van der Waals surface area contributed by atoms with Crippen molar-refractivity contribution in [3.8, 4) is 22.4 Å². The van der Waals surface area contributed by atoms with E-state index in [1.807, 2.05) is 7.05 Å². The highest BCUT2D eigenvalue weighted by Gasteiger charge is 2.27. The summed E-state index contributed by atoms with van der Waals surface area (Å²) in [5.41, 5.74) is 0.887. The van der Waals surface area contributed by atoms with Crippen LogP contribution in [0.15, 0.2) is 65.8 Å². The van der Waals surface area contributed by atoms with Crippen molar-refractivity contribution in [1.29, 1.82) is 0 Å². The molecule has 11 heteroatoms. The summed E-state index contributed by atoms with van der Waals surface area (Å²) in [6.07, 6.45) is 4.68. The van der Waals surface area contributed by atoms with Crippen molar-refractivity contribution in [2.75, 3.05) is 20.1 Å². The van der Waals surface area contributed by atoms with Gasteiger partial charge in [0.2, 0.25) is 5.95 Å². The molecule has 38 heavy (non-hydrogen) atoms. The second kappa shape index (κ2) is 10.3. The Morgan fingerprint density at radius 1 is 0.974 bits per heavy atom. The molecule has 2 aromatic heterocycles. The summed E-state index contributed by atoms with van der Waals surface area (Å²) in [4.78, 5) is 4.94. The van der Waals surface area contributed by atoms with Crippen LogP contribution in [-0.2, 0) is 15.6 Å². The first-order chi connectivity index (χ1) is 18.1. The lowest BCUT2D eigenvalue weighted by atomic mass is 10.0. The fourth-order valence-corrected chi connectivity index (χ4v) is 6.14. The molecular weight excluding hydrogens is 520 g/mol. The summed E-state index contributed by atoms with van der Waals surface area (Å²) in [6.45, 7) is 1.72. The van der Waals surface area contributed by atoms with Gasteiger partial charge in [-0.05, 0) is 68.9 Å². The van der Waals surface area contributed by atoms with Gasteiger partial charge in [0.15, 0.2) is 9.84 Å². The lowest BCUT2D eigenvalue weighted by Crippen LogP contribution is -2.31. The SMILES string of the molecule is CN1CCC(n2cc(-c3ccnc(F)c3)c(-c3cccc(CS(=O)(=O)c4cc(F)ccc4F)c3F)n2)CC1. The molecular formula is C27H24F4N4O2S. The van der Waals surface area contributed by atoms with Crippen LogP contribution in [0.1, 0.15) is 24.4 Å². The number of rotatable bonds is 6. The van der Waals surface area contributed by atoms with E-state index >= 15 is 4.39 Å². The summed E-state index contributed by atoms with van der Waals surface area (Å²) in [5.74, 6) is -4.51. The van der Waals surface area contributed by atoms with Crippen LogP contribution in [0.25, 0.3) is 22.4 Å². The van der Waals surface area contributed by atoms with Crippen LogP contribution in [-0.4, -0.2) is 48.2 Å². The van der Waals surface area contributed by atoms with Crippen LogP contribution in [0.2, 0.25) is 0 Å². The average Bonchev–Trinajstić information content (AvgIpc) is 3.32. The van der Waals surface area contributed by atoms with Crippen LogP contribution in [0.3, 0.4) is 0 Å². The van der Waals surface area contributed by atoms with E-state index in [0.29, 0.717) is 23.3 Å². The van der Waals surface area contributed by atoms with Crippen LogP contribution < -0.4 is 0 Å². The van der Waals surface area contributed by atoms with Gasteiger partial charge in [-0.2, -0.15) is 9.49 Å². The van der Waals surface area contributed by atoms with Gasteiger partial charge in [0.1, 0.15) is 28.0 Å². The van der Waals surface area contributed by atoms with E-state index in [1.54, 1.807) is 16.9 Å². The number of nitrogens with zero attached hydrogens (tertiary/aromatic N) is 4. The first-order valence-electron chi connectivity index (χ1n) is 12.0. The van der Waals surface area contributed by atoms with E-state index in [0.717, 1.165) is 32.0 Å². The van der Waals surface area contributed by atoms with Crippen molar-refractivity contribution >= 4 is 9.84 Å². The summed E-state index contributed by atoms with van der Waals surface area (Å²) in [6, 6.07) is 9.14. The van der Waals surface area contributed by atoms with E-state index in [2.05, 4.69) is 15.0 Å². The first kappa shape index (κ1) is 26.1. The second-order valence-electron chi connectivity index (χ2n) is 9.39. The quantitative estimate of drug-likeness (QED) is 0.240. The lowest BCUT2D eigenvalue weighted by Gasteiger charge is -2.29. The van der Waals surface area contributed by atoms with Crippen molar-refractivity contribution < 1.29 is 26.0 Å². The van der Waals surface area contributed by atoms with Gasteiger partial charge in [0.25, 0.3) is 0 Å². The molecule has 0 bridgehead atoms. The molecule has 6 nitrogen and oxygen atoms in total. The number of halogens is 4. The van der Waals surface area contributed by atoms with Crippen molar-refractivity contribution in [3.05, 3.63) is 89.9 Å². The second-order valence-corrected chi connectivity index (χ2v) is 11.3. The molecule has 4 aromatic rings. The minimum atomic E-state index is -4.42. The van der Waals surface area contributed by atoms with Gasteiger partial charge in [-0.15, -0.1) is 0 Å². The topological polar surface area (TPSA) is 68.1 Å². The Kier molecular flexibility index (Phi) is 7.06. The normalized spacial score (nSPS) is 15.2. The van der Waals surface area contributed by atoms with Gasteiger partial charge in [0.05, 0.1) is 11.8 Å². The van der Waals surface area contributed by atoms with Crippen LogP contribution in [0.5, 0.6) is 0 Å². The third kappa shape index (κ3) is 5.21. The molecule has 0 N–H and O–H groups in total. The zero-order chi connectivity index (χ0) is 27.0. The Labute approximate surface area is 217 Å². The minimum absolute atomic E-state index is 0.0105. The molecule has 1 aliphatic heterocycles. The third-order valence-electron chi connectivity index (χ3n) is 6.74. The number of hydrogen-bond donors (Lipinski definition) is 0. The van der Waals surface area contributed by atoms with Crippen molar-refractivity contribution in [2.24, 2.45) is 0 Å². The van der Waals surface area contributed by atoms with E-state index in [4.69, 9.17) is 0 Å². The standard InChI is InChI=1S/C27H24F4N4O2S/c1-34-11-8-20(9-12-34)35-15-22(17-7-10-32-25(30)13-17)27(33-35)21-4-2-3-18(26(21)31)16-38(36,37)24-14-19(28)5-6-23(24)29/h2-7,10,13-15,20H,8-9,11-12,16H2,1H3. The minimum Gasteiger partial charge on any atom is -0.306 e. The zero-order valence-corrected chi connectivity index (χ0v) is 21.2. The highest BCUT2D eigenvalue weighted by atomic mass is 32.2. The van der Waals surface area contributed by atoms with E-state index < -0.39 is 43.9 Å². The largest absolute Gasteiger partial charge is 0.306 e. The molecule has 0 saturated carbocycles. The zero-order valence-electron chi connectivity index (χ0n) is 20.4. The fourth-order valence-electron chi connectivity index (χ4n) is 4.69. The Bertz CT molecular complexity index is 1600. The van der Waals surface area contributed by atoms with E-state index in [1.165, 1.54) is 30.5 Å². The molecule has 0 atom stereocenters. The van der Waals surface area contributed by atoms with Crippen molar-refractivity contribution in [2.45, 2.75) is 29.5 Å². The van der Waals surface area contributed by atoms with E-state index in [-0.39, 0.29) is 22.9 Å². The third-order valence-corrected chi connectivity index (χ3v) is 8.41. The van der Waals surface area contributed by atoms with Crippen LogP contribution in [0, 0.1) is 23.4 Å².